The summed E-state index contributed by atoms with van der Waals surface area (Å²) in [4.78, 5) is 77.3. The SMILES string of the molecule is COc1cc2c(cc1OC(=O)OC(C)(C)C)CCN[C@]21CS[C@@H]2c3c(O)c(C)c4c(c3[C@H](COC1=O)N1C2[C@H]2c3c(cc(C)c(OC)c3O)C[C@@H]([C@@H]1C#N)N2C)OCO4.COc1cc2c(cc1OC(=O)OC(C)(C)C)CCN[C@]21CS[C@@H]2c3c(OC(C)=O)c(C)c4c(c3[C@H](COC1=O)N1C2[C@H]2c3c(cc(C)c(OC)c3O)C[C@@H]([C@@H]1C#N)N2C)OCO4. The van der Waals surface area contributed by atoms with Gasteiger partial charge in [0, 0.05) is 100 Å². The maximum absolute atomic E-state index is 15.0. The molecule has 14 aliphatic heterocycles. The van der Waals surface area contributed by atoms with Crippen LogP contribution in [0, 0.1) is 50.4 Å². The Morgan fingerprint density at radius 3 is 1.33 bits per heavy atom. The topological polar surface area (TPSA) is 369 Å². The molecule has 14 aliphatic rings. The number of hydrogen-bond acceptors (Lipinski definition) is 33. The number of rotatable bonds is 7. The molecule has 121 heavy (non-hydrogen) atoms. The van der Waals surface area contributed by atoms with E-state index < -0.39 is 111 Å². The normalized spacial score (nSPS) is 27.6. The maximum atomic E-state index is 15.0. The van der Waals surface area contributed by atoms with Gasteiger partial charge in [-0.05, 0) is 178 Å². The summed E-state index contributed by atoms with van der Waals surface area (Å²) in [5.41, 5.74) is 6.63. The van der Waals surface area contributed by atoms with Gasteiger partial charge in [-0.25, -0.2) is 19.2 Å². The molecule has 4 saturated heterocycles. The van der Waals surface area contributed by atoms with Gasteiger partial charge < -0.3 is 86.4 Å². The average Bonchev–Trinajstić information content (AvgIpc) is 1.46. The zero-order valence-electron chi connectivity index (χ0n) is 70.4. The number of ether oxygens (including phenoxy) is 15. The Balaban J connectivity index is 0.000000173. The summed E-state index contributed by atoms with van der Waals surface area (Å²) in [6.45, 7) is 19.4. The number of piperazine rings is 2. The van der Waals surface area contributed by atoms with Crippen molar-refractivity contribution in [3.63, 3.8) is 0 Å². The fraction of sp³-hybridized carbons (Fsp3) is 0.511. The van der Waals surface area contributed by atoms with Gasteiger partial charge in [0.1, 0.15) is 48.0 Å². The van der Waals surface area contributed by atoms with Gasteiger partial charge in [0.2, 0.25) is 13.6 Å². The molecule has 14 heterocycles. The standard InChI is InChI=1S/C45H50N4O12S.C43H48N4O11S/c1-20-12-24-13-26-27(16-46)49-28-17-56-42(52)45(25-15-29(54-8)30(14-23(25)10-11-47-45)60-43(53)61-44(4,5)6)18-62-41(35(49)34(48(26)7)31(24)36(51)37(20)55-9)33-32(28)40-39(57-19-58-40)21(2)38(33)59-22(3)50;1-19-11-22-12-24-25(15-44)47-26-16-54-40(50)43(23-14-27(52-7)28(13-21(23)9-10-45-43)57-41(51)58-42(3,4)5)17-59-39(31-30(26)38-37(55-18-56-38)20(2)34(31)48)33(47)32(46(24)6)29(22)35(49)36(19)53-8/h12,14-15,26-28,34-35,41,47,51H,10-11,13,17-19H2,1-9H3;11,13-14,24-26,32-33,39,45,48-49H,9-10,12,16-18H2,1-8H3/t26-,27-,28-,34+,35?,41+,45+;24-,25-,26-,32+,33?,39+,43+/m00/s1. The minimum atomic E-state index is -1.45. The fourth-order valence-electron chi connectivity index (χ4n) is 21.0. The first-order valence-electron chi connectivity index (χ1n) is 40.3. The molecule has 2 spiro atoms. The van der Waals surface area contributed by atoms with Gasteiger partial charge in [0.05, 0.1) is 75.2 Å². The molecule has 33 heteroatoms. The summed E-state index contributed by atoms with van der Waals surface area (Å²) in [5, 5.41) is 64.7. The number of carbonyl (C=O) groups excluding carboxylic acids is 5. The minimum Gasteiger partial charge on any atom is -0.507 e. The second kappa shape index (κ2) is 30.5. The van der Waals surface area contributed by atoms with E-state index >= 15 is 4.79 Å². The Bertz CT molecular complexity index is 5460. The van der Waals surface area contributed by atoms with E-state index in [0.29, 0.717) is 135 Å². The van der Waals surface area contributed by atoms with E-state index in [1.165, 1.54) is 58.9 Å². The monoisotopic (exact) mass is 1700 g/mol. The molecular weight excluding hydrogens is 1600 g/mol. The summed E-state index contributed by atoms with van der Waals surface area (Å²) >= 11 is 2.91. The second-order valence-corrected chi connectivity index (χ2v) is 37.0. The minimum absolute atomic E-state index is 0.0238. The lowest BCUT2D eigenvalue weighted by Gasteiger charge is -2.62. The van der Waals surface area contributed by atoms with Crippen molar-refractivity contribution in [2.75, 3.05) is 93.9 Å². The van der Waals surface area contributed by atoms with Crippen LogP contribution in [-0.4, -0.2) is 207 Å². The third kappa shape index (κ3) is 13.0. The van der Waals surface area contributed by atoms with Crippen molar-refractivity contribution in [3.05, 3.63) is 125 Å². The van der Waals surface area contributed by atoms with Crippen molar-refractivity contribution in [2.45, 2.75) is 195 Å². The third-order valence-corrected chi connectivity index (χ3v) is 28.7. The largest absolute Gasteiger partial charge is 0.514 e. The van der Waals surface area contributed by atoms with Gasteiger partial charge in [-0.3, -0.25) is 35.0 Å². The molecule has 8 bridgehead atoms. The van der Waals surface area contributed by atoms with Crippen LogP contribution in [0.15, 0.2) is 36.4 Å². The quantitative estimate of drug-likeness (QED) is 0.0429. The summed E-state index contributed by atoms with van der Waals surface area (Å²) in [6.07, 6.45) is 0.167. The fourth-order valence-corrected chi connectivity index (χ4v) is 24.4. The van der Waals surface area contributed by atoms with Crippen molar-refractivity contribution >= 4 is 53.7 Å². The summed E-state index contributed by atoms with van der Waals surface area (Å²) in [7, 11) is 9.94. The van der Waals surface area contributed by atoms with Crippen LogP contribution in [0.3, 0.4) is 0 Å². The molecule has 4 fully saturated rings. The summed E-state index contributed by atoms with van der Waals surface area (Å²) in [6, 6.07) is 10.5. The van der Waals surface area contributed by atoms with Gasteiger partial charge in [-0.1, -0.05) is 12.1 Å². The van der Waals surface area contributed by atoms with E-state index in [-0.39, 0.29) is 90.6 Å². The second-order valence-electron chi connectivity index (χ2n) is 34.7. The van der Waals surface area contributed by atoms with Gasteiger partial charge in [-0.15, -0.1) is 23.5 Å². The molecule has 6 aromatic carbocycles. The molecule has 5 N–H and O–H groups in total. The highest BCUT2D eigenvalue weighted by Crippen LogP contribution is 2.68. The lowest BCUT2D eigenvalue weighted by molar-refractivity contribution is -0.158. The van der Waals surface area contributed by atoms with Crippen molar-refractivity contribution in [1.29, 1.82) is 10.5 Å². The van der Waals surface area contributed by atoms with Gasteiger partial charge in [-0.2, -0.15) is 10.5 Å². The summed E-state index contributed by atoms with van der Waals surface area (Å²) in [5.74, 6) is 2.20. The molecule has 0 radical (unpaired) electrons. The first-order chi connectivity index (χ1) is 57.7. The third-order valence-electron chi connectivity index (χ3n) is 25.8. The highest BCUT2D eigenvalue weighted by atomic mass is 32.2. The number of likely N-dealkylation sites (N-methyl/N-ethyl adjacent to an activating group) is 2. The number of esters is 3. The van der Waals surface area contributed by atoms with Gasteiger partial charge in [0.15, 0.2) is 80.1 Å². The first-order valence-corrected chi connectivity index (χ1v) is 42.4. The zero-order chi connectivity index (χ0) is 86.0. The maximum Gasteiger partial charge on any atom is 0.514 e. The van der Waals surface area contributed by atoms with Crippen LogP contribution in [0.4, 0.5) is 9.59 Å². The molecule has 0 aromatic heterocycles. The Kier molecular flexibility index (Phi) is 20.9. The number of benzene rings is 6. The van der Waals surface area contributed by atoms with Crippen molar-refractivity contribution in [1.82, 2.24) is 30.2 Å². The van der Waals surface area contributed by atoms with E-state index in [4.69, 9.17) is 71.1 Å². The van der Waals surface area contributed by atoms with E-state index in [1.54, 1.807) is 72.7 Å². The zero-order valence-corrected chi connectivity index (χ0v) is 72.0. The molecule has 0 aliphatic carbocycles. The number of phenolic OH excluding ortho intramolecular Hbond substituents is 3. The van der Waals surface area contributed by atoms with Gasteiger partial charge in [0.25, 0.3) is 0 Å². The molecule has 20 rings (SSSR count). The highest BCUT2D eigenvalue weighted by Gasteiger charge is 2.65. The highest BCUT2D eigenvalue weighted by molar-refractivity contribution is 7.99. The number of nitrogens with zero attached hydrogens (tertiary/aromatic N) is 6. The Morgan fingerprint density at radius 1 is 0.512 bits per heavy atom. The first kappa shape index (κ1) is 82.8. The Labute approximate surface area is 708 Å². The number of phenols is 3. The molecular formula is C88H98N8O23S2. The van der Waals surface area contributed by atoms with E-state index in [0.717, 1.165) is 33.4 Å². The van der Waals surface area contributed by atoms with Crippen LogP contribution in [0.2, 0.25) is 0 Å². The van der Waals surface area contributed by atoms with Crippen molar-refractivity contribution in [3.8, 4) is 92.6 Å². The van der Waals surface area contributed by atoms with Crippen molar-refractivity contribution in [2.24, 2.45) is 0 Å². The van der Waals surface area contributed by atoms with E-state index in [9.17, 15) is 45.0 Å². The van der Waals surface area contributed by atoms with Crippen LogP contribution >= 0.6 is 23.5 Å². The van der Waals surface area contributed by atoms with Crippen LogP contribution in [-0.2, 0) is 70.1 Å². The van der Waals surface area contributed by atoms with Crippen LogP contribution in [0.25, 0.3) is 0 Å². The lowest BCUT2D eigenvalue weighted by atomic mass is 9.71. The molecule has 14 atom stereocenters. The molecule has 2 unspecified atom stereocenters. The number of aromatic hydroxyl groups is 3. The molecule has 0 amide bonds. The smallest absolute Gasteiger partial charge is 0.507 e. The van der Waals surface area contributed by atoms with Crippen LogP contribution < -0.4 is 62.7 Å². The number of thioether (sulfide) groups is 2. The van der Waals surface area contributed by atoms with Crippen LogP contribution in [0.5, 0.6) is 80.5 Å². The van der Waals surface area contributed by atoms with E-state index in [2.05, 4.69) is 42.4 Å². The van der Waals surface area contributed by atoms with Crippen LogP contribution in [0.1, 0.15) is 172 Å². The number of fused-ring (bicyclic) bond motifs is 18. The Hall–Kier alpha value is -10.5. The van der Waals surface area contributed by atoms with E-state index in [1.807, 2.05) is 47.0 Å². The average molecular weight is 1700 g/mol. The predicted octanol–water partition coefficient (Wildman–Crippen LogP) is 11.0. The van der Waals surface area contributed by atoms with Crippen molar-refractivity contribution < 1.29 is 110 Å². The predicted molar refractivity (Wildman–Crippen MR) is 437 cm³/mol. The number of nitriles is 2. The Morgan fingerprint density at radius 2 is 0.926 bits per heavy atom. The van der Waals surface area contributed by atoms with Gasteiger partial charge >= 0.3 is 30.2 Å². The molecule has 0 saturated carbocycles. The molecule has 31 nitrogen and oxygen atoms in total. The number of aryl methyl sites for hydroxylation is 2. The number of hydrogen-bond donors (Lipinski definition) is 5. The number of nitrogens with one attached hydrogen (secondary N) is 2. The number of carbonyl (C=O) groups is 5. The number of methoxy groups -OCH3 is 4. The molecule has 640 valence electrons. The summed E-state index contributed by atoms with van der Waals surface area (Å²) < 4.78 is 88.8. The lowest BCUT2D eigenvalue weighted by Crippen LogP contribution is -2.69. The molecule has 6 aromatic rings.